The quantitative estimate of drug-likeness (QED) is 0.824. The van der Waals surface area contributed by atoms with Crippen molar-refractivity contribution >= 4 is 23.4 Å². The molecule has 0 aliphatic heterocycles. The van der Waals surface area contributed by atoms with Crippen molar-refractivity contribution in [3.05, 3.63) is 46.7 Å². The lowest BCUT2D eigenvalue weighted by atomic mass is 10.1. The number of nitrogens with zero attached hydrogens (tertiary/aromatic N) is 1. The van der Waals surface area contributed by atoms with Crippen LogP contribution in [-0.4, -0.2) is 15.7 Å². The molecule has 0 radical (unpaired) electrons. The van der Waals surface area contributed by atoms with E-state index in [4.69, 9.17) is 11.6 Å². The number of rotatable bonds is 5. The molecule has 1 N–H and O–H groups in total. The Bertz CT molecular complexity index is 482. The first-order valence-electron chi connectivity index (χ1n) is 5.70. The molecule has 0 saturated heterocycles. The second-order valence-corrected chi connectivity index (χ2v) is 5.30. The van der Waals surface area contributed by atoms with Crippen molar-refractivity contribution in [2.45, 2.75) is 24.9 Å². The smallest absolute Gasteiger partial charge is 0.165 e. The highest BCUT2D eigenvalue weighted by Crippen LogP contribution is 2.20. The minimum Gasteiger partial charge on any atom is -0.339 e. The Morgan fingerprint density at radius 3 is 2.94 bits per heavy atom. The monoisotopic (exact) mass is 266 g/mol. The van der Waals surface area contributed by atoms with Crippen molar-refractivity contribution in [3.8, 4) is 0 Å². The van der Waals surface area contributed by atoms with Crippen molar-refractivity contribution in [1.82, 2.24) is 9.97 Å². The summed E-state index contributed by atoms with van der Waals surface area (Å²) in [6.07, 6.45) is 3.90. The number of thioether (sulfide) groups is 1. The Morgan fingerprint density at radius 1 is 1.35 bits per heavy atom. The number of imidazole rings is 1. The zero-order valence-electron chi connectivity index (χ0n) is 9.74. The van der Waals surface area contributed by atoms with Crippen LogP contribution in [0.15, 0.2) is 35.6 Å². The first-order valence-corrected chi connectivity index (χ1v) is 7.06. The van der Waals surface area contributed by atoms with Crippen molar-refractivity contribution < 1.29 is 0 Å². The molecule has 0 bridgehead atoms. The Labute approximate surface area is 111 Å². The lowest BCUT2D eigenvalue weighted by Gasteiger charge is -2.00. The summed E-state index contributed by atoms with van der Waals surface area (Å²) in [6, 6.07) is 7.89. The van der Waals surface area contributed by atoms with E-state index in [2.05, 4.69) is 16.9 Å². The summed E-state index contributed by atoms with van der Waals surface area (Å²) in [5, 5.41) is 1.80. The lowest BCUT2D eigenvalue weighted by Crippen LogP contribution is -1.89. The van der Waals surface area contributed by atoms with E-state index in [1.54, 1.807) is 11.8 Å². The standard InChI is InChI=1S/C13H15ClN2S/c1-2-7-17-13-15-9-11(16-13)8-10-5-3-4-6-12(10)14/h3-6,9H,2,7-8H2,1H3,(H,15,16). The summed E-state index contributed by atoms with van der Waals surface area (Å²) in [7, 11) is 0. The van der Waals surface area contributed by atoms with Crippen LogP contribution in [0, 0.1) is 0 Å². The SMILES string of the molecule is CCCSc1nc(Cc2ccccc2Cl)c[nH]1. The summed E-state index contributed by atoms with van der Waals surface area (Å²) in [5.74, 6) is 1.10. The summed E-state index contributed by atoms with van der Waals surface area (Å²) < 4.78 is 0. The molecular formula is C13H15ClN2S. The molecule has 2 nitrogen and oxygen atoms in total. The van der Waals surface area contributed by atoms with Gasteiger partial charge in [-0.2, -0.15) is 0 Å². The maximum Gasteiger partial charge on any atom is 0.165 e. The number of aromatic nitrogens is 2. The number of nitrogens with one attached hydrogen (secondary N) is 1. The zero-order chi connectivity index (χ0) is 12.1. The van der Waals surface area contributed by atoms with Crippen molar-refractivity contribution in [1.29, 1.82) is 0 Å². The third kappa shape index (κ3) is 3.51. The Morgan fingerprint density at radius 2 is 2.18 bits per heavy atom. The molecule has 0 aliphatic carbocycles. The molecule has 0 fully saturated rings. The van der Waals surface area contributed by atoms with Crippen LogP contribution in [0.3, 0.4) is 0 Å². The first-order chi connectivity index (χ1) is 8.29. The predicted octanol–water partition coefficient (Wildman–Crippen LogP) is 4.16. The van der Waals surface area contributed by atoms with Crippen molar-refractivity contribution in [3.63, 3.8) is 0 Å². The van der Waals surface area contributed by atoms with Crippen molar-refractivity contribution in [2.24, 2.45) is 0 Å². The van der Waals surface area contributed by atoms with Gasteiger partial charge in [-0.3, -0.25) is 0 Å². The Hall–Kier alpha value is -0.930. The summed E-state index contributed by atoms with van der Waals surface area (Å²) in [6.45, 7) is 2.17. The second-order valence-electron chi connectivity index (χ2n) is 3.81. The molecule has 0 aliphatic rings. The van der Waals surface area contributed by atoms with Crippen LogP contribution < -0.4 is 0 Å². The maximum atomic E-state index is 6.12. The first kappa shape index (κ1) is 12.5. The van der Waals surface area contributed by atoms with E-state index in [9.17, 15) is 0 Å². The van der Waals surface area contributed by atoms with Gasteiger partial charge in [0, 0.05) is 23.4 Å². The van der Waals surface area contributed by atoms with Crippen LogP contribution in [0.4, 0.5) is 0 Å². The number of hydrogen-bond acceptors (Lipinski definition) is 2. The van der Waals surface area contributed by atoms with E-state index in [-0.39, 0.29) is 0 Å². The van der Waals surface area contributed by atoms with E-state index in [0.717, 1.165) is 40.0 Å². The summed E-state index contributed by atoms with van der Waals surface area (Å²) in [4.78, 5) is 7.72. The molecule has 1 aromatic carbocycles. The van der Waals surface area contributed by atoms with E-state index in [0.29, 0.717) is 0 Å². The van der Waals surface area contributed by atoms with Gasteiger partial charge in [-0.05, 0) is 18.1 Å². The number of aromatic amines is 1. The largest absolute Gasteiger partial charge is 0.339 e. The van der Waals surface area contributed by atoms with Gasteiger partial charge in [0.1, 0.15) is 0 Å². The fourth-order valence-electron chi connectivity index (χ4n) is 1.54. The molecular weight excluding hydrogens is 252 g/mol. The molecule has 90 valence electrons. The molecule has 0 spiro atoms. The maximum absolute atomic E-state index is 6.12. The molecule has 1 heterocycles. The molecule has 2 rings (SSSR count). The number of halogens is 1. The third-order valence-electron chi connectivity index (χ3n) is 2.38. The van der Waals surface area contributed by atoms with E-state index >= 15 is 0 Å². The van der Waals surface area contributed by atoms with Crippen molar-refractivity contribution in [2.75, 3.05) is 5.75 Å². The topological polar surface area (TPSA) is 28.7 Å². The van der Waals surface area contributed by atoms with Gasteiger partial charge in [-0.25, -0.2) is 4.98 Å². The Balaban J connectivity index is 2.04. The van der Waals surface area contributed by atoms with Gasteiger partial charge < -0.3 is 4.98 Å². The van der Waals surface area contributed by atoms with E-state index < -0.39 is 0 Å². The van der Waals surface area contributed by atoms with Crippen LogP contribution in [0.5, 0.6) is 0 Å². The van der Waals surface area contributed by atoms with Gasteiger partial charge >= 0.3 is 0 Å². The van der Waals surface area contributed by atoms with Crippen LogP contribution in [0.2, 0.25) is 5.02 Å². The third-order valence-corrected chi connectivity index (χ3v) is 3.84. The molecule has 4 heteroatoms. The highest BCUT2D eigenvalue weighted by molar-refractivity contribution is 7.99. The fraction of sp³-hybridized carbons (Fsp3) is 0.308. The second kappa shape index (κ2) is 6.12. The van der Waals surface area contributed by atoms with Crippen LogP contribution in [0.1, 0.15) is 24.6 Å². The average Bonchev–Trinajstić information content (AvgIpc) is 2.77. The van der Waals surface area contributed by atoms with Crippen LogP contribution in [-0.2, 0) is 6.42 Å². The summed E-state index contributed by atoms with van der Waals surface area (Å²) in [5.41, 5.74) is 2.16. The number of hydrogen-bond donors (Lipinski definition) is 1. The summed E-state index contributed by atoms with van der Waals surface area (Å²) >= 11 is 7.88. The molecule has 2 aromatic rings. The molecule has 17 heavy (non-hydrogen) atoms. The van der Waals surface area contributed by atoms with E-state index in [1.807, 2.05) is 30.5 Å². The van der Waals surface area contributed by atoms with Gasteiger partial charge in [0.2, 0.25) is 0 Å². The van der Waals surface area contributed by atoms with Gasteiger partial charge in [-0.15, -0.1) is 0 Å². The number of benzene rings is 1. The molecule has 0 saturated carbocycles. The van der Waals surface area contributed by atoms with E-state index in [1.165, 1.54) is 0 Å². The van der Waals surface area contributed by atoms with Gasteiger partial charge in [-0.1, -0.05) is 48.5 Å². The van der Waals surface area contributed by atoms with Gasteiger partial charge in [0.15, 0.2) is 5.16 Å². The average molecular weight is 267 g/mol. The molecule has 1 aromatic heterocycles. The lowest BCUT2D eigenvalue weighted by molar-refractivity contribution is 1.00. The number of H-pyrrole nitrogens is 1. The molecule has 0 unspecified atom stereocenters. The van der Waals surface area contributed by atoms with Crippen LogP contribution in [0.25, 0.3) is 0 Å². The van der Waals surface area contributed by atoms with Gasteiger partial charge in [0.25, 0.3) is 0 Å². The highest BCUT2D eigenvalue weighted by atomic mass is 35.5. The van der Waals surface area contributed by atoms with Crippen LogP contribution >= 0.6 is 23.4 Å². The predicted molar refractivity (Wildman–Crippen MR) is 73.9 cm³/mol. The Kier molecular flexibility index (Phi) is 4.51. The molecule has 0 amide bonds. The highest BCUT2D eigenvalue weighted by Gasteiger charge is 2.05. The normalized spacial score (nSPS) is 10.7. The minimum atomic E-state index is 0.781. The molecule has 0 atom stereocenters. The van der Waals surface area contributed by atoms with Gasteiger partial charge in [0.05, 0.1) is 5.69 Å². The zero-order valence-corrected chi connectivity index (χ0v) is 11.3. The fourth-order valence-corrected chi connectivity index (χ4v) is 2.46. The minimum absolute atomic E-state index is 0.781.